The van der Waals surface area contributed by atoms with Gasteiger partial charge in [0.05, 0.1) is 10.9 Å². The van der Waals surface area contributed by atoms with Crippen molar-refractivity contribution >= 4 is 29.0 Å². The van der Waals surface area contributed by atoms with E-state index in [1.54, 1.807) is 4.68 Å². The summed E-state index contributed by atoms with van der Waals surface area (Å²) in [5, 5.41) is 14.9. The highest BCUT2D eigenvalue weighted by Crippen LogP contribution is 2.24. The smallest absolute Gasteiger partial charge is 0.237 e. The van der Waals surface area contributed by atoms with Crippen LogP contribution in [0, 0.1) is 0 Å². The zero-order valence-corrected chi connectivity index (χ0v) is 15.6. The van der Waals surface area contributed by atoms with Gasteiger partial charge in [-0.05, 0) is 53.7 Å². The van der Waals surface area contributed by atoms with Gasteiger partial charge >= 0.3 is 0 Å². The largest absolute Gasteiger partial charge is 0.378 e. The molecule has 7 nitrogen and oxygen atoms in total. The molecule has 0 saturated heterocycles. The SMILES string of the molecule is CC(Sc1nnnn1-c1ccccc1)C(=O)Nc1ccc(N(C)C)cc1. The zero-order valence-electron chi connectivity index (χ0n) is 14.8. The lowest BCUT2D eigenvalue weighted by Gasteiger charge is -2.14. The lowest BCUT2D eigenvalue weighted by Crippen LogP contribution is -2.23. The standard InChI is InChI=1S/C18H20N6OS/c1-13(17(25)19-14-9-11-15(12-10-14)23(2)3)26-18-20-21-22-24(18)16-7-5-4-6-8-16/h4-13H,1-3H3,(H,19,25). The summed E-state index contributed by atoms with van der Waals surface area (Å²) < 4.78 is 1.63. The Morgan fingerprint density at radius 3 is 2.46 bits per heavy atom. The Morgan fingerprint density at radius 2 is 1.81 bits per heavy atom. The molecule has 1 N–H and O–H groups in total. The van der Waals surface area contributed by atoms with Crippen LogP contribution in [0.4, 0.5) is 11.4 Å². The molecule has 1 atom stereocenters. The maximum atomic E-state index is 12.5. The van der Waals surface area contributed by atoms with Crippen molar-refractivity contribution < 1.29 is 4.79 Å². The molecule has 0 bridgehead atoms. The van der Waals surface area contributed by atoms with Crippen LogP contribution < -0.4 is 10.2 Å². The fourth-order valence-electron chi connectivity index (χ4n) is 2.28. The molecule has 1 unspecified atom stereocenters. The average Bonchev–Trinajstić information content (AvgIpc) is 3.11. The van der Waals surface area contributed by atoms with Gasteiger partial charge in [0.15, 0.2) is 0 Å². The first kappa shape index (κ1) is 17.9. The van der Waals surface area contributed by atoms with Crippen molar-refractivity contribution in [2.24, 2.45) is 0 Å². The lowest BCUT2D eigenvalue weighted by molar-refractivity contribution is -0.115. The van der Waals surface area contributed by atoms with Gasteiger partial charge in [0.25, 0.3) is 0 Å². The quantitative estimate of drug-likeness (QED) is 0.674. The molecule has 134 valence electrons. The minimum absolute atomic E-state index is 0.102. The number of para-hydroxylation sites is 1. The fraction of sp³-hybridized carbons (Fsp3) is 0.222. The predicted octanol–water partition coefficient (Wildman–Crippen LogP) is 2.85. The summed E-state index contributed by atoms with van der Waals surface area (Å²) in [4.78, 5) is 14.5. The second-order valence-corrected chi connectivity index (χ2v) is 7.21. The van der Waals surface area contributed by atoms with E-state index in [-0.39, 0.29) is 11.2 Å². The van der Waals surface area contributed by atoms with Crippen molar-refractivity contribution in [2.75, 3.05) is 24.3 Å². The number of anilines is 2. The van der Waals surface area contributed by atoms with E-state index in [0.29, 0.717) is 5.16 Å². The number of nitrogens with one attached hydrogen (secondary N) is 1. The molecule has 0 spiro atoms. The van der Waals surface area contributed by atoms with E-state index in [2.05, 4.69) is 20.8 Å². The van der Waals surface area contributed by atoms with Gasteiger partial charge in [-0.2, -0.15) is 4.68 Å². The molecule has 8 heteroatoms. The van der Waals surface area contributed by atoms with E-state index >= 15 is 0 Å². The number of benzene rings is 2. The molecule has 0 aliphatic heterocycles. The number of hydrogen-bond donors (Lipinski definition) is 1. The summed E-state index contributed by atoms with van der Waals surface area (Å²) in [7, 11) is 3.95. The van der Waals surface area contributed by atoms with Gasteiger partial charge in [-0.3, -0.25) is 4.79 Å². The summed E-state index contributed by atoms with van der Waals surface area (Å²) in [6, 6.07) is 17.3. The van der Waals surface area contributed by atoms with Crippen molar-refractivity contribution in [2.45, 2.75) is 17.3 Å². The molecule has 0 fully saturated rings. The van der Waals surface area contributed by atoms with Crippen LogP contribution in [-0.2, 0) is 4.79 Å². The van der Waals surface area contributed by atoms with E-state index in [0.717, 1.165) is 17.1 Å². The molecule has 0 saturated carbocycles. The number of thioether (sulfide) groups is 1. The normalized spacial score (nSPS) is 11.8. The summed E-state index contributed by atoms with van der Waals surface area (Å²) in [5.74, 6) is -0.102. The van der Waals surface area contributed by atoms with Crippen LogP contribution in [0.5, 0.6) is 0 Å². The minimum atomic E-state index is -0.350. The molecule has 1 aromatic heterocycles. The van der Waals surface area contributed by atoms with Crippen LogP contribution in [0.25, 0.3) is 5.69 Å². The first-order valence-electron chi connectivity index (χ1n) is 8.13. The summed E-state index contributed by atoms with van der Waals surface area (Å²) >= 11 is 1.31. The van der Waals surface area contributed by atoms with Crippen LogP contribution in [0.1, 0.15) is 6.92 Å². The molecule has 1 amide bonds. The van der Waals surface area contributed by atoms with Crippen molar-refractivity contribution in [3.63, 3.8) is 0 Å². The molecular weight excluding hydrogens is 348 g/mol. The molecule has 0 aliphatic rings. The topological polar surface area (TPSA) is 75.9 Å². The van der Waals surface area contributed by atoms with Crippen LogP contribution in [0.2, 0.25) is 0 Å². The molecule has 2 aromatic carbocycles. The Kier molecular flexibility index (Phi) is 5.52. The van der Waals surface area contributed by atoms with Gasteiger partial charge < -0.3 is 10.2 Å². The van der Waals surface area contributed by atoms with Gasteiger partial charge in [0.2, 0.25) is 11.1 Å². The van der Waals surface area contributed by atoms with Crippen molar-refractivity contribution in [3.8, 4) is 5.69 Å². The van der Waals surface area contributed by atoms with Gasteiger partial charge in [-0.1, -0.05) is 30.0 Å². The maximum absolute atomic E-state index is 12.5. The number of tetrazole rings is 1. The van der Waals surface area contributed by atoms with Gasteiger partial charge in [-0.15, -0.1) is 5.10 Å². The molecular formula is C18H20N6OS. The highest BCUT2D eigenvalue weighted by molar-refractivity contribution is 8.00. The van der Waals surface area contributed by atoms with Crippen molar-refractivity contribution in [3.05, 3.63) is 54.6 Å². The molecule has 0 radical (unpaired) electrons. The van der Waals surface area contributed by atoms with Crippen LogP contribution in [-0.4, -0.2) is 45.5 Å². The Bertz CT molecular complexity index is 863. The zero-order chi connectivity index (χ0) is 18.5. The molecule has 26 heavy (non-hydrogen) atoms. The summed E-state index contributed by atoms with van der Waals surface area (Å²) in [6.07, 6.45) is 0. The number of carbonyl (C=O) groups is 1. The predicted molar refractivity (Wildman–Crippen MR) is 104 cm³/mol. The number of hydrogen-bond acceptors (Lipinski definition) is 6. The second kappa shape index (κ2) is 8.01. The fourth-order valence-corrected chi connectivity index (χ4v) is 3.09. The highest BCUT2D eigenvalue weighted by atomic mass is 32.2. The summed E-state index contributed by atoms with van der Waals surface area (Å²) in [6.45, 7) is 1.83. The third-order valence-corrected chi connectivity index (χ3v) is 4.78. The Morgan fingerprint density at radius 1 is 1.12 bits per heavy atom. The molecule has 0 aliphatic carbocycles. The van der Waals surface area contributed by atoms with Crippen molar-refractivity contribution in [1.29, 1.82) is 0 Å². The molecule has 3 rings (SSSR count). The first-order chi connectivity index (χ1) is 12.5. The Labute approximate surface area is 156 Å². The van der Waals surface area contributed by atoms with Crippen LogP contribution in [0.3, 0.4) is 0 Å². The number of carbonyl (C=O) groups excluding carboxylic acids is 1. The van der Waals surface area contributed by atoms with E-state index < -0.39 is 0 Å². The van der Waals surface area contributed by atoms with E-state index in [1.807, 2.05) is 80.5 Å². The maximum Gasteiger partial charge on any atom is 0.237 e. The summed E-state index contributed by atoms with van der Waals surface area (Å²) in [5.41, 5.74) is 2.69. The van der Waals surface area contributed by atoms with Crippen LogP contribution in [0.15, 0.2) is 59.8 Å². The third-order valence-electron chi connectivity index (χ3n) is 3.74. The van der Waals surface area contributed by atoms with Crippen LogP contribution >= 0.6 is 11.8 Å². The number of rotatable bonds is 6. The minimum Gasteiger partial charge on any atom is -0.378 e. The van der Waals surface area contributed by atoms with Crippen molar-refractivity contribution in [1.82, 2.24) is 20.2 Å². The van der Waals surface area contributed by atoms with E-state index in [1.165, 1.54) is 11.8 Å². The number of nitrogens with zero attached hydrogens (tertiary/aromatic N) is 5. The number of aromatic nitrogens is 4. The average molecular weight is 368 g/mol. The Hall–Kier alpha value is -2.87. The molecule has 1 heterocycles. The third kappa shape index (κ3) is 4.20. The lowest BCUT2D eigenvalue weighted by atomic mass is 10.2. The first-order valence-corrected chi connectivity index (χ1v) is 9.01. The van der Waals surface area contributed by atoms with Gasteiger partial charge in [0, 0.05) is 25.5 Å². The number of amides is 1. The monoisotopic (exact) mass is 368 g/mol. The van der Waals surface area contributed by atoms with Gasteiger partial charge in [0.1, 0.15) is 0 Å². The highest BCUT2D eigenvalue weighted by Gasteiger charge is 2.19. The van der Waals surface area contributed by atoms with Gasteiger partial charge in [-0.25, -0.2) is 0 Å². The second-order valence-electron chi connectivity index (χ2n) is 5.90. The molecule has 3 aromatic rings. The van der Waals surface area contributed by atoms with E-state index in [4.69, 9.17) is 0 Å². The Balaban J connectivity index is 1.66. The van der Waals surface area contributed by atoms with E-state index in [9.17, 15) is 4.79 Å².